The Balaban J connectivity index is 2.13. The van der Waals surface area contributed by atoms with Crippen molar-refractivity contribution in [1.29, 1.82) is 0 Å². The quantitative estimate of drug-likeness (QED) is 0.678. The number of hydrogen-bond donors (Lipinski definition) is 1. The first-order valence-corrected chi connectivity index (χ1v) is 6.63. The molecule has 4 heteroatoms. The van der Waals surface area contributed by atoms with Crippen LogP contribution in [-0.4, -0.2) is 30.4 Å². The summed E-state index contributed by atoms with van der Waals surface area (Å²) in [5, 5.41) is 9.24. The van der Waals surface area contributed by atoms with Crippen molar-refractivity contribution in [2.75, 3.05) is 7.11 Å². The van der Waals surface area contributed by atoms with Crippen LogP contribution in [0.2, 0.25) is 0 Å². The number of nitrogens with zero attached hydrogens (tertiary/aromatic N) is 1. The molecule has 0 radical (unpaired) electrons. The molecule has 0 unspecified atom stereocenters. The molecule has 0 aromatic heterocycles. The number of phenols is 1. The van der Waals surface area contributed by atoms with E-state index in [1.54, 1.807) is 30.5 Å². The average Bonchev–Trinajstić information content (AvgIpc) is 2.53. The number of ether oxygens (including phenoxy) is 1. The number of esters is 1. The molecule has 2 aromatic carbocycles. The fourth-order valence-electron chi connectivity index (χ4n) is 1.91. The van der Waals surface area contributed by atoms with Crippen molar-refractivity contribution in [2.24, 2.45) is 4.99 Å². The highest BCUT2D eigenvalue weighted by Crippen LogP contribution is 2.10. The maximum absolute atomic E-state index is 11.8. The molecule has 0 heterocycles. The molecule has 21 heavy (non-hydrogen) atoms. The lowest BCUT2D eigenvalue weighted by molar-refractivity contribution is -0.142. The van der Waals surface area contributed by atoms with Crippen LogP contribution in [0.5, 0.6) is 5.75 Å². The number of hydrogen-bond acceptors (Lipinski definition) is 4. The molecule has 0 saturated heterocycles. The van der Waals surface area contributed by atoms with Crippen LogP contribution >= 0.6 is 0 Å². The second kappa shape index (κ2) is 7.24. The van der Waals surface area contributed by atoms with Crippen molar-refractivity contribution < 1.29 is 14.6 Å². The topological polar surface area (TPSA) is 58.9 Å². The molecule has 4 nitrogen and oxygen atoms in total. The van der Waals surface area contributed by atoms with Gasteiger partial charge in [0.2, 0.25) is 0 Å². The van der Waals surface area contributed by atoms with Crippen LogP contribution in [-0.2, 0) is 16.0 Å². The molecule has 2 aromatic rings. The minimum atomic E-state index is -0.578. The first-order valence-electron chi connectivity index (χ1n) is 6.63. The number of carbonyl (C=O) groups excluding carboxylic acids is 1. The number of phenolic OH excluding ortho intramolecular Hbond substituents is 1. The van der Waals surface area contributed by atoms with Crippen LogP contribution in [0, 0.1) is 0 Å². The molecule has 0 aliphatic rings. The molecule has 108 valence electrons. The van der Waals surface area contributed by atoms with Gasteiger partial charge in [0.05, 0.1) is 7.11 Å². The van der Waals surface area contributed by atoms with Crippen molar-refractivity contribution in [3.63, 3.8) is 0 Å². The minimum absolute atomic E-state index is 0.195. The highest BCUT2D eigenvalue weighted by molar-refractivity contribution is 5.84. The molecule has 1 atom stereocenters. The summed E-state index contributed by atoms with van der Waals surface area (Å²) in [6, 6.07) is 15.7. The van der Waals surface area contributed by atoms with Crippen molar-refractivity contribution in [3.05, 3.63) is 65.7 Å². The van der Waals surface area contributed by atoms with E-state index in [9.17, 15) is 9.90 Å². The Kier molecular flexibility index (Phi) is 5.10. The van der Waals surface area contributed by atoms with Gasteiger partial charge in [-0.25, -0.2) is 4.79 Å². The number of aromatic hydroxyl groups is 1. The summed E-state index contributed by atoms with van der Waals surface area (Å²) in [5.41, 5.74) is 1.84. The predicted molar refractivity (Wildman–Crippen MR) is 81.7 cm³/mol. The van der Waals surface area contributed by atoms with Crippen LogP contribution in [0.1, 0.15) is 11.1 Å². The Labute approximate surface area is 123 Å². The fourth-order valence-corrected chi connectivity index (χ4v) is 1.91. The largest absolute Gasteiger partial charge is 0.508 e. The van der Waals surface area contributed by atoms with Gasteiger partial charge < -0.3 is 9.84 Å². The van der Waals surface area contributed by atoms with Gasteiger partial charge in [0.25, 0.3) is 0 Å². The maximum Gasteiger partial charge on any atom is 0.330 e. The molecule has 0 amide bonds. The zero-order chi connectivity index (χ0) is 15.1. The molecule has 1 N–H and O–H groups in total. The summed E-state index contributed by atoms with van der Waals surface area (Å²) in [6.45, 7) is 0. The van der Waals surface area contributed by atoms with E-state index in [0.29, 0.717) is 6.42 Å². The van der Waals surface area contributed by atoms with Gasteiger partial charge >= 0.3 is 5.97 Å². The van der Waals surface area contributed by atoms with E-state index in [4.69, 9.17) is 4.74 Å². The number of methoxy groups -OCH3 is 1. The van der Waals surface area contributed by atoms with E-state index in [1.807, 2.05) is 30.3 Å². The van der Waals surface area contributed by atoms with Gasteiger partial charge in [0.15, 0.2) is 6.04 Å². The van der Waals surface area contributed by atoms with Crippen LogP contribution < -0.4 is 0 Å². The van der Waals surface area contributed by atoms with Crippen LogP contribution in [0.15, 0.2) is 59.6 Å². The fraction of sp³-hybridized carbons (Fsp3) is 0.176. The smallest absolute Gasteiger partial charge is 0.330 e. The zero-order valence-corrected chi connectivity index (χ0v) is 11.8. The normalized spacial score (nSPS) is 12.2. The molecule has 0 saturated carbocycles. The zero-order valence-electron chi connectivity index (χ0n) is 11.8. The summed E-state index contributed by atoms with van der Waals surface area (Å²) in [5.74, 6) is -0.171. The summed E-state index contributed by atoms with van der Waals surface area (Å²) >= 11 is 0. The van der Waals surface area contributed by atoms with Crippen molar-refractivity contribution in [3.8, 4) is 5.75 Å². The first-order chi connectivity index (χ1) is 10.2. The van der Waals surface area contributed by atoms with E-state index in [0.717, 1.165) is 11.1 Å². The van der Waals surface area contributed by atoms with Crippen molar-refractivity contribution in [1.82, 2.24) is 0 Å². The van der Waals surface area contributed by atoms with Crippen molar-refractivity contribution in [2.45, 2.75) is 12.5 Å². The van der Waals surface area contributed by atoms with E-state index in [2.05, 4.69) is 4.99 Å². The van der Waals surface area contributed by atoms with Gasteiger partial charge in [0, 0.05) is 12.6 Å². The van der Waals surface area contributed by atoms with Gasteiger partial charge in [-0.15, -0.1) is 0 Å². The highest BCUT2D eigenvalue weighted by Gasteiger charge is 2.17. The van der Waals surface area contributed by atoms with Gasteiger partial charge in [-0.05, 0) is 35.4 Å². The Morgan fingerprint density at radius 1 is 1.19 bits per heavy atom. The van der Waals surface area contributed by atoms with E-state index < -0.39 is 6.04 Å². The summed E-state index contributed by atoms with van der Waals surface area (Å²) in [7, 11) is 1.36. The molecule has 0 fully saturated rings. The van der Waals surface area contributed by atoms with Crippen molar-refractivity contribution >= 4 is 12.2 Å². The summed E-state index contributed by atoms with van der Waals surface area (Å²) in [4.78, 5) is 16.1. The van der Waals surface area contributed by atoms with Gasteiger partial charge in [-0.2, -0.15) is 0 Å². The monoisotopic (exact) mass is 283 g/mol. The molecular weight excluding hydrogens is 266 g/mol. The lowest BCUT2D eigenvalue weighted by Crippen LogP contribution is -2.23. The van der Waals surface area contributed by atoms with E-state index >= 15 is 0 Å². The standard InChI is InChI=1S/C17H17NO3/c1-21-17(20)16(11-13-5-3-2-4-6-13)18-12-14-7-9-15(19)10-8-14/h2-10,12,16,19H,11H2,1H3/t16-/m0/s1. The van der Waals surface area contributed by atoms with Gasteiger partial charge in [-0.1, -0.05) is 30.3 Å². The molecule has 0 aliphatic heterocycles. The van der Waals surface area contributed by atoms with E-state index in [1.165, 1.54) is 7.11 Å². The number of benzene rings is 2. The molecule has 2 rings (SSSR count). The number of rotatable bonds is 5. The predicted octanol–water partition coefficient (Wildman–Crippen LogP) is 2.60. The molecule has 0 aliphatic carbocycles. The highest BCUT2D eigenvalue weighted by atomic mass is 16.5. The number of aliphatic imine (C=N–C) groups is 1. The lowest BCUT2D eigenvalue weighted by atomic mass is 10.1. The van der Waals surface area contributed by atoms with Gasteiger partial charge in [0.1, 0.15) is 5.75 Å². The Morgan fingerprint density at radius 2 is 1.86 bits per heavy atom. The summed E-state index contributed by atoms with van der Waals surface area (Å²) in [6.07, 6.45) is 2.10. The van der Waals surface area contributed by atoms with Crippen LogP contribution in [0.25, 0.3) is 0 Å². The molecule has 0 spiro atoms. The third-order valence-electron chi connectivity index (χ3n) is 3.04. The SMILES string of the molecule is COC(=O)[C@H](Cc1ccccc1)N=Cc1ccc(O)cc1. The van der Waals surface area contributed by atoms with Crippen LogP contribution in [0.4, 0.5) is 0 Å². The summed E-state index contributed by atoms with van der Waals surface area (Å²) < 4.78 is 4.80. The van der Waals surface area contributed by atoms with E-state index in [-0.39, 0.29) is 11.7 Å². The molecular formula is C17H17NO3. The third-order valence-corrected chi connectivity index (χ3v) is 3.04. The number of carbonyl (C=O) groups is 1. The maximum atomic E-state index is 11.8. The Hall–Kier alpha value is -2.62. The minimum Gasteiger partial charge on any atom is -0.508 e. The van der Waals surface area contributed by atoms with Gasteiger partial charge in [-0.3, -0.25) is 4.99 Å². The first kappa shape index (κ1) is 14.8. The van der Waals surface area contributed by atoms with Crippen LogP contribution in [0.3, 0.4) is 0 Å². The lowest BCUT2D eigenvalue weighted by Gasteiger charge is -2.10. The second-order valence-corrected chi connectivity index (χ2v) is 4.60. The Morgan fingerprint density at radius 3 is 2.48 bits per heavy atom. The third kappa shape index (κ3) is 4.45. The average molecular weight is 283 g/mol. The second-order valence-electron chi connectivity index (χ2n) is 4.60. The molecule has 0 bridgehead atoms. The Bertz CT molecular complexity index is 606.